The summed E-state index contributed by atoms with van der Waals surface area (Å²) >= 11 is 7.09. The average Bonchev–Trinajstić information content (AvgIpc) is 3.01. The molecule has 0 spiro atoms. The van der Waals surface area contributed by atoms with E-state index in [-0.39, 0.29) is 17.6 Å². The third-order valence-corrected chi connectivity index (χ3v) is 5.42. The molecule has 0 unspecified atom stereocenters. The van der Waals surface area contributed by atoms with E-state index in [0.717, 1.165) is 23.3 Å². The largest absolute Gasteiger partial charge is 0.316 e. The number of rotatable bonds is 9. The van der Waals surface area contributed by atoms with Crippen molar-refractivity contribution in [3.8, 4) is 0 Å². The first-order valence-electron chi connectivity index (χ1n) is 8.65. The summed E-state index contributed by atoms with van der Waals surface area (Å²) in [5, 5.41) is 3.38. The normalized spacial score (nSPS) is 10.7. The SMILES string of the molecule is CCCCCCc1cc(C(=O)c2ccccc2C)c(NC(=O)CCl)s1. The van der Waals surface area contributed by atoms with Crippen molar-refractivity contribution in [2.75, 3.05) is 11.2 Å². The van der Waals surface area contributed by atoms with Crippen LogP contribution in [0.3, 0.4) is 0 Å². The number of benzene rings is 1. The number of amides is 1. The number of carbonyl (C=O) groups is 2. The van der Waals surface area contributed by atoms with Gasteiger partial charge in [0, 0.05) is 10.4 Å². The number of carbonyl (C=O) groups excluding carboxylic acids is 2. The van der Waals surface area contributed by atoms with E-state index in [4.69, 9.17) is 11.6 Å². The third-order valence-electron chi connectivity index (χ3n) is 4.07. The summed E-state index contributed by atoms with van der Waals surface area (Å²) in [6, 6.07) is 9.44. The number of anilines is 1. The molecular formula is C20H24ClNO2S. The predicted octanol–water partition coefficient (Wildman–Crippen LogP) is 5.59. The number of alkyl halides is 1. The standard InChI is InChI=1S/C20H24ClNO2S/c1-3-4-5-6-10-15-12-17(20(25-15)22-18(23)13-21)19(24)16-11-8-7-9-14(16)2/h7-9,11-12H,3-6,10,13H2,1-2H3,(H,22,23). The second-order valence-corrected chi connectivity index (χ2v) is 7.50. The monoisotopic (exact) mass is 377 g/mol. The molecule has 0 saturated heterocycles. The van der Waals surface area contributed by atoms with Gasteiger partial charge in [-0.2, -0.15) is 0 Å². The van der Waals surface area contributed by atoms with Gasteiger partial charge < -0.3 is 5.32 Å². The highest BCUT2D eigenvalue weighted by Gasteiger charge is 2.20. The van der Waals surface area contributed by atoms with Crippen LogP contribution in [-0.2, 0) is 11.2 Å². The molecule has 0 aliphatic heterocycles. The van der Waals surface area contributed by atoms with Crippen molar-refractivity contribution >= 4 is 39.6 Å². The molecule has 0 atom stereocenters. The summed E-state index contributed by atoms with van der Waals surface area (Å²) in [5.41, 5.74) is 2.15. The van der Waals surface area contributed by atoms with E-state index < -0.39 is 0 Å². The molecule has 1 amide bonds. The molecule has 1 aromatic carbocycles. The van der Waals surface area contributed by atoms with Crippen molar-refractivity contribution in [3.63, 3.8) is 0 Å². The maximum atomic E-state index is 13.0. The molecule has 2 aromatic rings. The summed E-state index contributed by atoms with van der Waals surface area (Å²) in [4.78, 5) is 25.8. The lowest BCUT2D eigenvalue weighted by Crippen LogP contribution is -2.14. The van der Waals surface area contributed by atoms with Crippen LogP contribution in [0.4, 0.5) is 5.00 Å². The van der Waals surface area contributed by atoms with Crippen LogP contribution in [-0.4, -0.2) is 17.6 Å². The second-order valence-electron chi connectivity index (χ2n) is 6.09. The van der Waals surface area contributed by atoms with Crippen LogP contribution in [0.25, 0.3) is 0 Å². The highest BCUT2D eigenvalue weighted by atomic mass is 35.5. The fourth-order valence-corrected chi connectivity index (χ4v) is 3.86. The smallest absolute Gasteiger partial charge is 0.239 e. The van der Waals surface area contributed by atoms with Gasteiger partial charge in [-0.1, -0.05) is 50.5 Å². The van der Waals surface area contributed by atoms with Crippen LogP contribution in [0.1, 0.15) is 59.0 Å². The van der Waals surface area contributed by atoms with Gasteiger partial charge in [-0.25, -0.2) is 0 Å². The molecule has 0 aliphatic rings. The maximum absolute atomic E-state index is 13.0. The van der Waals surface area contributed by atoms with Gasteiger partial charge in [0.05, 0.1) is 5.56 Å². The highest BCUT2D eigenvalue weighted by Crippen LogP contribution is 2.32. The highest BCUT2D eigenvalue weighted by molar-refractivity contribution is 7.16. The van der Waals surface area contributed by atoms with E-state index in [2.05, 4.69) is 12.2 Å². The number of ketones is 1. The van der Waals surface area contributed by atoms with E-state index in [1.807, 2.05) is 37.3 Å². The molecule has 0 fully saturated rings. The Balaban J connectivity index is 2.27. The van der Waals surface area contributed by atoms with E-state index in [1.165, 1.54) is 30.6 Å². The van der Waals surface area contributed by atoms with Crippen molar-refractivity contribution in [1.29, 1.82) is 0 Å². The number of hydrogen-bond donors (Lipinski definition) is 1. The van der Waals surface area contributed by atoms with E-state index in [1.54, 1.807) is 0 Å². The summed E-state index contributed by atoms with van der Waals surface area (Å²) in [6.45, 7) is 4.10. The fourth-order valence-electron chi connectivity index (χ4n) is 2.69. The lowest BCUT2D eigenvalue weighted by molar-refractivity contribution is -0.113. The van der Waals surface area contributed by atoms with Crippen LogP contribution in [0.5, 0.6) is 0 Å². The zero-order chi connectivity index (χ0) is 18.2. The predicted molar refractivity (Wildman–Crippen MR) is 106 cm³/mol. The molecule has 134 valence electrons. The first kappa shape index (κ1) is 19.7. The lowest BCUT2D eigenvalue weighted by atomic mass is 10.00. The van der Waals surface area contributed by atoms with Gasteiger partial charge in [-0.15, -0.1) is 22.9 Å². The number of halogens is 1. The summed E-state index contributed by atoms with van der Waals surface area (Å²) in [6.07, 6.45) is 5.61. The van der Waals surface area contributed by atoms with Crippen LogP contribution in [0.2, 0.25) is 0 Å². The molecule has 0 bridgehead atoms. The van der Waals surface area contributed by atoms with Crippen molar-refractivity contribution in [2.24, 2.45) is 0 Å². The minimum absolute atomic E-state index is 0.0565. The quantitative estimate of drug-likeness (QED) is 0.352. The minimum atomic E-state index is -0.292. The molecule has 0 aliphatic carbocycles. The van der Waals surface area contributed by atoms with Gasteiger partial charge in [-0.3, -0.25) is 9.59 Å². The van der Waals surface area contributed by atoms with Crippen LogP contribution in [0, 0.1) is 6.92 Å². The van der Waals surface area contributed by atoms with Gasteiger partial charge in [0.25, 0.3) is 0 Å². The van der Waals surface area contributed by atoms with Crippen molar-refractivity contribution in [3.05, 3.63) is 51.9 Å². The number of aryl methyl sites for hydroxylation is 2. The summed E-state index contributed by atoms with van der Waals surface area (Å²) < 4.78 is 0. The van der Waals surface area contributed by atoms with E-state index in [9.17, 15) is 9.59 Å². The van der Waals surface area contributed by atoms with E-state index >= 15 is 0 Å². The molecule has 0 radical (unpaired) electrons. The van der Waals surface area contributed by atoms with Crippen molar-refractivity contribution < 1.29 is 9.59 Å². The second kappa shape index (κ2) is 9.73. The summed E-state index contributed by atoms with van der Waals surface area (Å²) in [5.74, 6) is -0.472. The number of nitrogens with one attached hydrogen (secondary N) is 1. The Morgan fingerprint density at radius 1 is 1.12 bits per heavy atom. The number of unbranched alkanes of at least 4 members (excludes halogenated alkanes) is 3. The van der Waals surface area contributed by atoms with Crippen molar-refractivity contribution in [2.45, 2.75) is 46.0 Å². The molecular weight excluding hydrogens is 354 g/mol. The topological polar surface area (TPSA) is 46.2 Å². The minimum Gasteiger partial charge on any atom is -0.316 e. The fraction of sp³-hybridized carbons (Fsp3) is 0.400. The first-order chi connectivity index (χ1) is 12.1. The van der Waals surface area contributed by atoms with Gasteiger partial charge >= 0.3 is 0 Å². The van der Waals surface area contributed by atoms with Gasteiger partial charge in [0.1, 0.15) is 10.9 Å². The Morgan fingerprint density at radius 2 is 1.88 bits per heavy atom. The molecule has 2 rings (SSSR count). The molecule has 1 heterocycles. The number of thiophene rings is 1. The van der Waals surface area contributed by atoms with Gasteiger partial charge in [-0.05, 0) is 31.4 Å². The maximum Gasteiger partial charge on any atom is 0.239 e. The Labute approximate surface area is 158 Å². The molecule has 25 heavy (non-hydrogen) atoms. The summed E-state index contributed by atoms with van der Waals surface area (Å²) in [7, 11) is 0. The average molecular weight is 378 g/mol. The third kappa shape index (κ3) is 5.41. The Hall–Kier alpha value is -1.65. The first-order valence-corrected chi connectivity index (χ1v) is 10.0. The lowest BCUT2D eigenvalue weighted by Gasteiger charge is -2.06. The van der Waals surface area contributed by atoms with Gasteiger partial charge in [0.15, 0.2) is 5.78 Å². The number of hydrogen-bond acceptors (Lipinski definition) is 3. The molecule has 1 aromatic heterocycles. The Kier molecular flexibility index (Phi) is 7.66. The van der Waals surface area contributed by atoms with Crippen molar-refractivity contribution in [1.82, 2.24) is 0 Å². The Bertz CT molecular complexity index is 739. The van der Waals surface area contributed by atoms with Crippen LogP contribution < -0.4 is 5.32 Å². The van der Waals surface area contributed by atoms with E-state index in [0.29, 0.717) is 16.1 Å². The molecule has 1 N–H and O–H groups in total. The van der Waals surface area contributed by atoms with Crippen LogP contribution in [0.15, 0.2) is 30.3 Å². The zero-order valence-electron chi connectivity index (χ0n) is 14.7. The molecule has 5 heteroatoms. The Morgan fingerprint density at radius 3 is 2.56 bits per heavy atom. The van der Waals surface area contributed by atoms with Gasteiger partial charge in [0.2, 0.25) is 5.91 Å². The van der Waals surface area contributed by atoms with Crippen LogP contribution >= 0.6 is 22.9 Å². The molecule has 0 saturated carbocycles. The molecule has 3 nitrogen and oxygen atoms in total. The zero-order valence-corrected chi connectivity index (χ0v) is 16.3.